The average Bonchev–Trinajstić information content (AvgIpc) is 3.58. The van der Waals surface area contributed by atoms with Crippen molar-refractivity contribution < 1.29 is 38.4 Å². The molecule has 2 aliphatic rings. The zero-order valence-corrected chi connectivity index (χ0v) is 28.5. The summed E-state index contributed by atoms with van der Waals surface area (Å²) in [5.41, 5.74) is 1.78. The summed E-state index contributed by atoms with van der Waals surface area (Å²) >= 11 is 0. The second kappa shape index (κ2) is 16.5. The van der Waals surface area contributed by atoms with E-state index < -0.39 is 12.1 Å². The zero-order valence-electron chi connectivity index (χ0n) is 28.5. The van der Waals surface area contributed by atoms with Gasteiger partial charge in [-0.3, -0.25) is 9.59 Å². The molecule has 3 aromatic carbocycles. The van der Waals surface area contributed by atoms with Gasteiger partial charge in [0, 0.05) is 55.7 Å². The lowest BCUT2D eigenvalue weighted by Gasteiger charge is -2.35. The highest BCUT2D eigenvalue weighted by molar-refractivity contribution is 6.05. The number of aliphatic hydroxyl groups excluding tert-OH is 1. The van der Waals surface area contributed by atoms with Crippen LogP contribution >= 0.6 is 0 Å². The molecule has 3 N–H and O–H groups in total. The number of rotatable bonds is 7. The molecule has 5 rings (SSSR count). The van der Waals surface area contributed by atoms with Gasteiger partial charge in [-0.05, 0) is 75.6 Å². The molecule has 0 bridgehead atoms. The number of carbonyl (C=O) groups excluding carboxylic acids is 3. The number of aliphatic hydroxyl groups is 1. The third-order valence-corrected chi connectivity index (χ3v) is 8.77. The molecule has 2 aliphatic heterocycles. The van der Waals surface area contributed by atoms with E-state index in [9.17, 15) is 19.5 Å². The van der Waals surface area contributed by atoms with Crippen LogP contribution in [0.4, 0.5) is 16.2 Å². The molecule has 0 aromatic heterocycles. The second-order valence-corrected chi connectivity index (χ2v) is 12.7. The summed E-state index contributed by atoms with van der Waals surface area (Å²) < 4.78 is 23.5. The summed E-state index contributed by atoms with van der Waals surface area (Å²) in [6, 6.07) is 18.2. The maximum absolute atomic E-state index is 14.4. The van der Waals surface area contributed by atoms with Gasteiger partial charge in [0.25, 0.3) is 11.8 Å². The number of anilines is 2. The topological polar surface area (TPSA) is 139 Å². The van der Waals surface area contributed by atoms with Crippen LogP contribution in [0.25, 0.3) is 0 Å². The van der Waals surface area contributed by atoms with E-state index in [-0.39, 0.29) is 61.9 Å². The van der Waals surface area contributed by atoms with E-state index >= 15 is 0 Å². The summed E-state index contributed by atoms with van der Waals surface area (Å²) in [6.07, 6.45) is 1.75. The van der Waals surface area contributed by atoms with Gasteiger partial charge < -0.3 is 44.5 Å². The Balaban J connectivity index is 1.36. The normalized spacial score (nSPS) is 20.3. The number of hydrogen-bond donors (Lipinski definition) is 3. The maximum Gasteiger partial charge on any atom is 0.321 e. The molecule has 2 heterocycles. The quantitative estimate of drug-likeness (QED) is 0.293. The molecule has 0 saturated carbocycles. The number of fused-ring (bicyclic) bond motifs is 2. The molecule has 49 heavy (non-hydrogen) atoms. The van der Waals surface area contributed by atoms with Crippen molar-refractivity contribution in [3.8, 4) is 17.2 Å². The molecule has 0 saturated heterocycles. The van der Waals surface area contributed by atoms with Gasteiger partial charge >= 0.3 is 6.03 Å². The lowest BCUT2D eigenvalue weighted by molar-refractivity contribution is -0.0115. The fourth-order valence-electron chi connectivity index (χ4n) is 5.80. The Hall–Kier alpha value is -4.81. The third kappa shape index (κ3) is 9.21. The van der Waals surface area contributed by atoms with Crippen LogP contribution in [-0.4, -0.2) is 91.1 Å². The van der Waals surface area contributed by atoms with Crippen LogP contribution in [-0.2, 0) is 4.74 Å². The first-order chi connectivity index (χ1) is 23.6. The first kappa shape index (κ1) is 35.5. The molecule has 0 fully saturated rings. The zero-order chi connectivity index (χ0) is 34.9. The number of carbonyl (C=O) groups is 3. The van der Waals surface area contributed by atoms with Crippen molar-refractivity contribution >= 4 is 29.2 Å². The Morgan fingerprint density at radius 3 is 2.43 bits per heavy atom. The van der Waals surface area contributed by atoms with Crippen LogP contribution in [0.2, 0.25) is 0 Å². The summed E-state index contributed by atoms with van der Waals surface area (Å²) in [6.45, 7) is 6.56. The van der Waals surface area contributed by atoms with E-state index in [2.05, 4.69) is 10.6 Å². The fourth-order valence-corrected chi connectivity index (χ4v) is 5.80. The molecule has 4 atom stereocenters. The highest BCUT2D eigenvalue weighted by Gasteiger charge is 2.31. The van der Waals surface area contributed by atoms with Crippen molar-refractivity contribution in [2.45, 2.75) is 58.3 Å². The predicted molar refractivity (Wildman–Crippen MR) is 185 cm³/mol. The summed E-state index contributed by atoms with van der Waals surface area (Å²) in [5, 5.41) is 16.0. The molecule has 12 nitrogen and oxygen atoms in total. The van der Waals surface area contributed by atoms with E-state index in [1.165, 1.54) is 0 Å². The van der Waals surface area contributed by atoms with Gasteiger partial charge in [0.1, 0.15) is 5.75 Å². The average molecular weight is 675 g/mol. The van der Waals surface area contributed by atoms with Crippen molar-refractivity contribution in [3.05, 3.63) is 77.9 Å². The van der Waals surface area contributed by atoms with E-state index in [1.807, 2.05) is 19.9 Å². The molecule has 4 amide bonds. The number of hydrogen-bond acceptors (Lipinski definition) is 8. The van der Waals surface area contributed by atoms with E-state index in [4.69, 9.17) is 18.9 Å². The minimum Gasteiger partial charge on any atom is -0.490 e. The van der Waals surface area contributed by atoms with Crippen molar-refractivity contribution in [3.63, 3.8) is 0 Å². The van der Waals surface area contributed by atoms with Gasteiger partial charge in [0.05, 0.1) is 30.4 Å². The largest absolute Gasteiger partial charge is 0.490 e. The highest BCUT2D eigenvalue weighted by Crippen LogP contribution is 2.34. The standard InChI is InChI=1S/C37H46N4O8/c1-24-20-41(25(2)22-42)36(44)30-18-28(38-35(43)27-11-6-5-7-12-27)13-15-31(30)49-26(3)10-8-9-17-46-34(24)21-40(4)37(45)39-29-14-16-32-33(19-29)48-23-47-32/h5-7,11-16,18-19,24-26,34,42H,8-10,17,20-23H2,1-4H3,(H,38,43)(H,39,45)/t24-,25+,26-,34-/m0/s1. The molecule has 262 valence electrons. The van der Waals surface area contributed by atoms with Crippen molar-refractivity contribution in [1.82, 2.24) is 9.80 Å². The molecule has 12 heteroatoms. The Morgan fingerprint density at radius 1 is 0.959 bits per heavy atom. The van der Waals surface area contributed by atoms with Crippen molar-refractivity contribution in [2.24, 2.45) is 5.92 Å². The fraction of sp³-hybridized carbons (Fsp3) is 0.432. The van der Waals surface area contributed by atoms with Crippen molar-refractivity contribution in [1.29, 1.82) is 0 Å². The number of amides is 4. The number of likely N-dealkylation sites (N-methyl/N-ethyl adjacent to an activating group) is 1. The molecular formula is C37H46N4O8. The highest BCUT2D eigenvalue weighted by atomic mass is 16.7. The monoisotopic (exact) mass is 674 g/mol. The van der Waals surface area contributed by atoms with Crippen LogP contribution in [0.5, 0.6) is 17.2 Å². The number of urea groups is 1. The number of benzene rings is 3. The lowest BCUT2D eigenvalue weighted by Crippen LogP contribution is -2.48. The minimum atomic E-state index is -0.539. The smallest absolute Gasteiger partial charge is 0.321 e. The van der Waals surface area contributed by atoms with Crippen LogP contribution in [0.3, 0.4) is 0 Å². The van der Waals surface area contributed by atoms with Crippen LogP contribution in [0.15, 0.2) is 66.7 Å². The number of nitrogens with zero attached hydrogens (tertiary/aromatic N) is 2. The molecule has 3 aromatic rings. The number of ether oxygens (including phenoxy) is 4. The van der Waals surface area contributed by atoms with Crippen LogP contribution in [0, 0.1) is 5.92 Å². The Morgan fingerprint density at radius 2 is 1.67 bits per heavy atom. The summed E-state index contributed by atoms with van der Waals surface area (Å²) in [4.78, 5) is 43.7. The van der Waals surface area contributed by atoms with Crippen LogP contribution in [0.1, 0.15) is 60.7 Å². The van der Waals surface area contributed by atoms with E-state index in [0.717, 1.165) is 19.3 Å². The Labute approximate surface area is 287 Å². The predicted octanol–water partition coefficient (Wildman–Crippen LogP) is 5.63. The third-order valence-electron chi connectivity index (χ3n) is 8.77. The molecular weight excluding hydrogens is 628 g/mol. The van der Waals surface area contributed by atoms with Gasteiger partial charge in [-0.2, -0.15) is 0 Å². The van der Waals surface area contributed by atoms with Gasteiger partial charge in [-0.15, -0.1) is 0 Å². The SMILES string of the molecule is C[C@H](CO)N1C[C@H](C)[C@H](CN(C)C(=O)Nc2ccc3c(c2)OCO3)OCCCC[C@H](C)Oc2ccc(NC(=O)c3ccccc3)cc2C1=O. The van der Waals surface area contributed by atoms with Gasteiger partial charge in [-0.1, -0.05) is 25.1 Å². The number of nitrogens with one attached hydrogen (secondary N) is 2. The lowest BCUT2D eigenvalue weighted by atomic mass is 10.0. The van der Waals surface area contributed by atoms with Gasteiger partial charge in [-0.25, -0.2) is 4.79 Å². The Bertz CT molecular complexity index is 1600. The van der Waals surface area contributed by atoms with Gasteiger partial charge in [0.15, 0.2) is 11.5 Å². The van der Waals surface area contributed by atoms with Gasteiger partial charge in [0.2, 0.25) is 6.79 Å². The van der Waals surface area contributed by atoms with E-state index in [1.54, 1.807) is 84.4 Å². The summed E-state index contributed by atoms with van der Waals surface area (Å²) in [5.74, 6) is 0.716. The van der Waals surface area contributed by atoms with Crippen molar-refractivity contribution in [2.75, 3.05) is 50.8 Å². The first-order valence-electron chi connectivity index (χ1n) is 16.7. The van der Waals surface area contributed by atoms with E-state index in [0.29, 0.717) is 40.8 Å². The molecule has 0 spiro atoms. The first-order valence-corrected chi connectivity index (χ1v) is 16.7. The summed E-state index contributed by atoms with van der Waals surface area (Å²) in [7, 11) is 1.70. The molecule has 0 aliphatic carbocycles. The second-order valence-electron chi connectivity index (χ2n) is 12.7. The minimum absolute atomic E-state index is 0.140. The Kier molecular flexibility index (Phi) is 12.0. The molecule has 0 radical (unpaired) electrons. The maximum atomic E-state index is 14.4. The van der Waals surface area contributed by atoms with Crippen LogP contribution < -0.4 is 24.8 Å². The molecule has 0 unspecified atom stereocenters.